The molecule has 0 atom stereocenters. The third-order valence-corrected chi connectivity index (χ3v) is 3.65. The van der Waals surface area contributed by atoms with Crippen molar-refractivity contribution in [2.45, 2.75) is 40.5 Å². The highest BCUT2D eigenvalue weighted by Crippen LogP contribution is 2.24. The number of urea groups is 1. The standard InChI is InChI=1S/C12H24N2O/c1-10(2)12(3,4)9-13-11(15)14-7-5-6-8-14/h10H,5-9H2,1-4H3,(H,13,15). The van der Waals surface area contributed by atoms with Crippen LogP contribution < -0.4 is 5.32 Å². The van der Waals surface area contributed by atoms with E-state index in [1.807, 2.05) is 4.90 Å². The van der Waals surface area contributed by atoms with Gasteiger partial charge in [-0.3, -0.25) is 0 Å². The van der Waals surface area contributed by atoms with Gasteiger partial charge in [-0.25, -0.2) is 4.79 Å². The number of carbonyl (C=O) groups is 1. The highest BCUT2D eigenvalue weighted by molar-refractivity contribution is 5.74. The van der Waals surface area contributed by atoms with Gasteiger partial charge in [0.25, 0.3) is 0 Å². The van der Waals surface area contributed by atoms with Crippen LogP contribution >= 0.6 is 0 Å². The molecular weight excluding hydrogens is 188 g/mol. The largest absolute Gasteiger partial charge is 0.337 e. The Morgan fingerprint density at radius 3 is 2.33 bits per heavy atom. The molecule has 0 aromatic heterocycles. The van der Waals surface area contributed by atoms with E-state index in [-0.39, 0.29) is 11.4 Å². The third kappa shape index (κ3) is 3.40. The Hall–Kier alpha value is -0.730. The van der Waals surface area contributed by atoms with Crippen molar-refractivity contribution in [2.75, 3.05) is 19.6 Å². The van der Waals surface area contributed by atoms with Crippen molar-refractivity contribution in [3.63, 3.8) is 0 Å². The zero-order valence-electron chi connectivity index (χ0n) is 10.5. The number of nitrogens with zero attached hydrogens (tertiary/aromatic N) is 1. The minimum absolute atomic E-state index is 0.112. The Labute approximate surface area is 93.2 Å². The van der Waals surface area contributed by atoms with E-state index in [0.29, 0.717) is 5.92 Å². The minimum atomic E-state index is 0.112. The van der Waals surface area contributed by atoms with Gasteiger partial charge in [0.05, 0.1) is 0 Å². The molecule has 1 aliphatic rings. The fourth-order valence-electron chi connectivity index (χ4n) is 1.54. The van der Waals surface area contributed by atoms with Crippen molar-refractivity contribution in [3.05, 3.63) is 0 Å². The Bertz CT molecular complexity index is 218. The summed E-state index contributed by atoms with van der Waals surface area (Å²) in [4.78, 5) is 13.6. The molecule has 1 saturated heterocycles. The third-order valence-electron chi connectivity index (χ3n) is 3.65. The summed E-state index contributed by atoms with van der Waals surface area (Å²) >= 11 is 0. The molecule has 0 bridgehead atoms. The van der Waals surface area contributed by atoms with E-state index < -0.39 is 0 Å². The lowest BCUT2D eigenvalue weighted by molar-refractivity contribution is 0.191. The number of hydrogen-bond acceptors (Lipinski definition) is 1. The molecule has 0 aliphatic carbocycles. The number of rotatable bonds is 3. The van der Waals surface area contributed by atoms with E-state index in [1.165, 1.54) is 0 Å². The van der Waals surface area contributed by atoms with Crippen molar-refractivity contribution in [1.82, 2.24) is 10.2 Å². The monoisotopic (exact) mass is 212 g/mol. The molecule has 0 saturated carbocycles. The van der Waals surface area contributed by atoms with Crippen LogP contribution in [0.1, 0.15) is 40.5 Å². The molecule has 1 rings (SSSR count). The summed E-state index contributed by atoms with van der Waals surface area (Å²) in [5, 5.41) is 3.03. The summed E-state index contributed by atoms with van der Waals surface area (Å²) in [6.07, 6.45) is 2.31. The van der Waals surface area contributed by atoms with Gasteiger partial charge in [-0.15, -0.1) is 0 Å². The molecule has 0 aromatic carbocycles. The van der Waals surface area contributed by atoms with Gasteiger partial charge < -0.3 is 10.2 Å². The van der Waals surface area contributed by atoms with E-state index in [1.54, 1.807) is 0 Å². The van der Waals surface area contributed by atoms with Crippen LogP contribution in [0.25, 0.3) is 0 Å². The van der Waals surface area contributed by atoms with Gasteiger partial charge in [0.15, 0.2) is 0 Å². The van der Waals surface area contributed by atoms with Crippen LogP contribution in [-0.4, -0.2) is 30.6 Å². The van der Waals surface area contributed by atoms with Crippen molar-refractivity contribution >= 4 is 6.03 Å². The van der Waals surface area contributed by atoms with Crippen LogP contribution in [0.15, 0.2) is 0 Å². The van der Waals surface area contributed by atoms with E-state index >= 15 is 0 Å². The normalized spacial score (nSPS) is 17.3. The molecule has 1 heterocycles. The lowest BCUT2D eigenvalue weighted by Gasteiger charge is -2.30. The molecule has 88 valence electrons. The maximum absolute atomic E-state index is 11.7. The summed E-state index contributed by atoms with van der Waals surface area (Å²) < 4.78 is 0. The lowest BCUT2D eigenvalue weighted by atomic mass is 9.81. The topological polar surface area (TPSA) is 32.3 Å². The molecular formula is C12H24N2O. The molecule has 0 radical (unpaired) electrons. The molecule has 1 N–H and O–H groups in total. The van der Waals surface area contributed by atoms with Gasteiger partial charge in [-0.1, -0.05) is 27.7 Å². The van der Waals surface area contributed by atoms with Crippen LogP contribution in [0, 0.1) is 11.3 Å². The number of amides is 2. The van der Waals surface area contributed by atoms with Gasteiger partial charge in [0.1, 0.15) is 0 Å². The fraction of sp³-hybridized carbons (Fsp3) is 0.917. The predicted octanol–water partition coefficient (Wildman–Crippen LogP) is 2.47. The molecule has 1 fully saturated rings. The number of likely N-dealkylation sites (tertiary alicyclic amines) is 1. The van der Waals surface area contributed by atoms with Gasteiger partial charge in [0, 0.05) is 19.6 Å². The smallest absolute Gasteiger partial charge is 0.317 e. The Morgan fingerprint density at radius 1 is 1.33 bits per heavy atom. The maximum Gasteiger partial charge on any atom is 0.317 e. The average Bonchev–Trinajstić information content (AvgIpc) is 2.66. The predicted molar refractivity (Wildman–Crippen MR) is 62.8 cm³/mol. The molecule has 1 aliphatic heterocycles. The van der Waals surface area contributed by atoms with Crippen molar-refractivity contribution in [2.24, 2.45) is 11.3 Å². The molecule has 2 amide bonds. The van der Waals surface area contributed by atoms with Crippen LogP contribution in [0.5, 0.6) is 0 Å². The summed E-state index contributed by atoms with van der Waals surface area (Å²) in [7, 11) is 0. The Balaban J connectivity index is 2.33. The minimum Gasteiger partial charge on any atom is -0.337 e. The van der Waals surface area contributed by atoms with Crippen LogP contribution in [0.2, 0.25) is 0 Å². The summed E-state index contributed by atoms with van der Waals surface area (Å²) in [5.74, 6) is 0.580. The Morgan fingerprint density at radius 2 is 1.87 bits per heavy atom. The second kappa shape index (κ2) is 4.86. The highest BCUT2D eigenvalue weighted by Gasteiger charge is 2.24. The van der Waals surface area contributed by atoms with Gasteiger partial charge >= 0.3 is 6.03 Å². The first-order chi connectivity index (χ1) is 6.93. The van der Waals surface area contributed by atoms with E-state index in [2.05, 4.69) is 33.0 Å². The summed E-state index contributed by atoms with van der Waals surface area (Å²) in [6, 6.07) is 0.112. The first-order valence-electron chi connectivity index (χ1n) is 5.96. The highest BCUT2D eigenvalue weighted by atomic mass is 16.2. The molecule has 0 spiro atoms. The van der Waals surface area contributed by atoms with E-state index in [0.717, 1.165) is 32.5 Å². The van der Waals surface area contributed by atoms with Crippen molar-refractivity contribution < 1.29 is 4.79 Å². The van der Waals surface area contributed by atoms with E-state index in [4.69, 9.17) is 0 Å². The van der Waals surface area contributed by atoms with Gasteiger partial charge in [0.2, 0.25) is 0 Å². The zero-order chi connectivity index (χ0) is 11.5. The summed E-state index contributed by atoms with van der Waals surface area (Å²) in [6.45, 7) is 11.4. The van der Waals surface area contributed by atoms with Crippen LogP contribution in [0.4, 0.5) is 4.79 Å². The second-order valence-electron chi connectivity index (χ2n) is 5.50. The zero-order valence-corrected chi connectivity index (χ0v) is 10.5. The molecule has 3 heteroatoms. The van der Waals surface area contributed by atoms with Gasteiger partial charge in [-0.05, 0) is 24.2 Å². The van der Waals surface area contributed by atoms with Crippen LogP contribution in [0.3, 0.4) is 0 Å². The van der Waals surface area contributed by atoms with Crippen LogP contribution in [-0.2, 0) is 0 Å². The van der Waals surface area contributed by atoms with Crippen molar-refractivity contribution in [1.29, 1.82) is 0 Å². The quantitative estimate of drug-likeness (QED) is 0.766. The lowest BCUT2D eigenvalue weighted by Crippen LogP contribution is -2.43. The summed E-state index contributed by atoms with van der Waals surface area (Å²) in [5.41, 5.74) is 0.176. The van der Waals surface area contributed by atoms with E-state index in [9.17, 15) is 4.79 Å². The fourth-order valence-corrected chi connectivity index (χ4v) is 1.54. The first kappa shape index (κ1) is 12.3. The SMILES string of the molecule is CC(C)C(C)(C)CNC(=O)N1CCCC1. The maximum atomic E-state index is 11.7. The second-order valence-corrected chi connectivity index (χ2v) is 5.50. The molecule has 0 unspecified atom stereocenters. The Kier molecular flexibility index (Phi) is 4.00. The first-order valence-corrected chi connectivity index (χ1v) is 5.96. The van der Waals surface area contributed by atoms with Crippen molar-refractivity contribution in [3.8, 4) is 0 Å². The number of hydrogen-bond donors (Lipinski definition) is 1. The van der Waals surface area contributed by atoms with Gasteiger partial charge in [-0.2, -0.15) is 0 Å². The number of nitrogens with one attached hydrogen (secondary N) is 1. The average molecular weight is 212 g/mol. The molecule has 0 aromatic rings. The molecule has 3 nitrogen and oxygen atoms in total. The number of carbonyl (C=O) groups excluding carboxylic acids is 1. The molecule has 15 heavy (non-hydrogen) atoms.